The van der Waals surface area contributed by atoms with Crippen molar-refractivity contribution >= 4 is 46.0 Å². The van der Waals surface area contributed by atoms with Gasteiger partial charge in [-0.1, -0.05) is 6.07 Å². The van der Waals surface area contributed by atoms with Crippen molar-refractivity contribution in [1.29, 1.82) is 0 Å². The fourth-order valence-corrected chi connectivity index (χ4v) is 3.63. The molecule has 9 heteroatoms. The molecule has 5 rings (SSSR count). The molecular formula is C24H22N8O. The number of aromatic amines is 2. The number of benzene rings is 2. The maximum Gasteiger partial charge on any atom is 0.273 e. The van der Waals surface area contributed by atoms with Gasteiger partial charge in [0.15, 0.2) is 0 Å². The Balaban J connectivity index is 1.31. The van der Waals surface area contributed by atoms with Crippen molar-refractivity contribution in [3.8, 4) is 0 Å². The number of aryl methyl sites for hydroxylation is 2. The summed E-state index contributed by atoms with van der Waals surface area (Å²) in [6, 6.07) is 15.3. The zero-order chi connectivity index (χ0) is 22.8. The summed E-state index contributed by atoms with van der Waals surface area (Å²) in [6.07, 6.45) is 7.26. The molecule has 0 saturated carbocycles. The number of H-pyrrole nitrogens is 2. The van der Waals surface area contributed by atoms with Gasteiger partial charge in [-0.3, -0.25) is 14.6 Å². The highest BCUT2D eigenvalue weighted by Gasteiger charge is 2.12. The third kappa shape index (κ3) is 4.38. The first kappa shape index (κ1) is 20.3. The van der Waals surface area contributed by atoms with Crippen molar-refractivity contribution in [2.75, 3.05) is 10.6 Å². The topological polar surface area (TPSA) is 116 Å². The average Bonchev–Trinajstić information content (AvgIpc) is 3.52. The van der Waals surface area contributed by atoms with E-state index in [-0.39, 0.29) is 5.91 Å². The molecule has 0 aliphatic rings. The zero-order valence-electron chi connectivity index (χ0n) is 18.1. The molecule has 4 N–H and O–H groups in total. The number of carbonyl (C=O) groups is 1. The molecule has 0 fully saturated rings. The average molecular weight is 438 g/mol. The van der Waals surface area contributed by atoms with Gasteiger partial charge in [0.1, 0.15) is 5.69 Å². The van der Waals surface area contributed by atoms with Crippen molar-refractivity contribution in [1.82, 2.24) is 29.9 Å². The van der Waals surface area contributed by atoms with Crippen molar-refractivity contribution < 1.29 is 4.79 Å². The molecule has 33 heavy (non-hydrogen) atoms. The minimum Gasteiger partial charge on any atom is -0.355 e. The summed E-state index contributed by atoms with van der Waals surface area (Å²) in [4.78, 5) is 19.6. The van der Waals surface area contributed by atoms with Gasteiger partial charge in [0.05, 0.1) is 35.1 Å². The maximum absolute atomic E-state index is 12.6. The summed E-state index contributed by atoms with van der Waals surface area (Å²) >= 11 is 0. The van der Waals surface area contributed by atoms with Crippen LogP contribution in [0.1, 0.15) is 27.6 Å². The van der Waals surface area contributed by atoms with Crippen LogP contribution in [0.3, 0.4) is 0 Å². The van der Waals surface area contributed by atoms with E-state index < -0.39 is 0 Å². The van der Waals surface area contributed by atoms with Gasteiger partial charge >= 0.3 is 0 Å². The number of carbonyl (C=O) groups excluding carboxylic acids is 1. The van der Waals surface area contributed by atoms with Crippen LogP contribution in [-0.2, 0) is 7.05 Å². The van der Waals surface area contributed by atoms with Crippen LogP contribution >= 0.6 is 0 Å². The number of fused-ring (bicyclic) bond motifs is 1. The van der Waals surface area contributed by atoms with Gasteiger partial charge in [-0.05, 0) is 61.5 Å². The summed E-state index contributed by atoms with van der Waals surface area (Å²) in [5, 5.41) is 19.0. The van der Waals surface area contributed by atoms with E-state index >= 15 is 0 Å². The summed E-state index contributed by atoms with van der Waals surface area (Å²) in [6.45, 7) is 1.86. The van der Waals surface area contributed by atoms with Crippen LogP contribution in [0.2, 0.25) is 0 Å². The fraction of sp³-hybridized carbons (Fsp3) is 0.0833. The zero-order valence-corrected chi connectivity index (χ0v) is 18.1. The second-order valence-electron chi connectivity index (χ2n) is 7.66. The number of hydrogen-bond acceptors (Lipinski definition) is 5. The van der Waals surface area contributed by atoms with E-state index in [1.807, 2.05) is 61.5 Å². The van der Waals surface area contributed by atoms with E-state index in [1.54, 1.807) is 30.3 Å². The quantitative estimate of drug-likeness (QED) is 0.312. The Morgan fingerprint density at radius 1 is 1.06 bits per heavy atom. The molecule has 0 atom stereocenters. The SMILES string of the molecule is Cc1cc(C(=O)Nc2cccc(Nc3ccc4c(/C=C/c5cnc[nH]5)n[nH]c4c3)c2)n(C)n1. The normalized spacial score (nSPS) is 11.3. The Morgan fingerprint density at radius 3 is 2.70 bits per heavy atom. The predicted octanol–water partition coefficient (Wildman–Crippen LogP) is 4.49. The first-order valence-corrected chi connectivity index (χ1v) is 10.4. The highest BCUT2D eigenvalue weighted by atomic mass is 16.2. The smallest absolute Gasteiger partial charge is 0.273 e. The van der Waals surface area contributed by atoms with Gasteiger partial charge in [-0.15, -0.1) is 0 Å². The van der Waals surface area contributed by atoms with Gasteiger partial charge in [-0.25, -0.2) is 4.98 Å². The van der Waals surface area contributed by atoms with Gasteiger partial charge in [0.25, 0.3) is 5.91 Å². The van der Waals surface area contributed by atoms with Crippen LogP contribution in [0.4, 0.5) is 17.1 Å². The highest BCUT2D eigenvalue weighted by Crippen LogP contribution is 2.25. The number of nitrogens with zero attached hydrogens (tertiary/aromatic N) is 4. The number of hydrogen-bond donors (Lipinski definition) is 4. The molecule has 5 aromatic rings. The summed E-state index contributed by atoms with van der Waals surface area (Å²) in [7, 11) is 1.75. The van der Waals surface area contributed by atoms with E-state index in [1.165, 1.54) is 0 Å². The van der Waals surface area contributed by atoms with E-state index in [9.17, 15) is 4.79 Å². The first-order chi connectivity index (χ1) is 16.0. The van der Waals surface area contributed by atoms with Crippen molar-refractivity contribution in [2.24, 2.45) is 7.05 Å². The lowest BCUT2D eigenvalue weighted by Gasteiger charge is -2.10. The van der Waals surface area contributed by atoms with Crippen LogP contribution in [0.5, 0.6) is 0 Å². The van der Waals surface area contributed by atoms with Gasteiger partial charge < -0.3 is 15.6 Å². The molecule has 0 aliphatic carbocycles. The molecule has 0 aliphatic heterocycles. The first-order valence-electron chi connectivity index (χ1n) is 10.4. The summed E-state index contributed by atoms with van der Waals surface area (Å²) in [5.74, 6) is -0.204. The molecule has 0 unspecified atom stereocenters. The molecule has 1 amide bonds. The third-order valence-corrected chi connectivity index (χ3v) is 5.18. The van der Waals surface area contributed by atoms with Gasteiger partial charge in [-0.2, -0.15) is 10.2 Å². The van der Waals surface area contributed by atoms with Crippen LogP contribution in [-0.4, -0.2) is 35.9 Å². The maximum atomic E-state index is 12.6. The molecular weight excluding hydrogens is 416 g/mol. The second kappa shape index (κ2) is 8.46. The highest BCUT2D eigenvalue weighted by molar-refractivity contribution is 6.03. The van der Waals surface area contributed by atoms with Gasteiger partial charge in [0.2, 0.25) is 0 Å². The molecule has 3 heterocycles. The van der Waals surface area contributed by atoms with E-state index in [2.05, 4.69) is 35.9 Å². The number of anilines is 3. The minimum absolute atomic E-state index is 0.204. The predicted molar refractivity (Wildman–Crippen MR) is 129 cm³/mol. The van der Waals surface area contributed by atoms with Crippen LogP contribution in [0.15, 0.2) is 61.1 Å². The van der Waals surface area contributed by atoms with Crippen LogP contribution in [0.25, 0.3) is 23.1 Å². The lowest BCUT2D eigenvalue weighted by Crippen LogP contribution is -2.16. The molecule has 3 aromatic heterocycles. The number of amides is 1. The van der Waals surface area contributed by atoms with Crippen LogP contribution < -0.4 is 10.6 Å². The monoisotopic (exact) mass is 438 g/mol. The minimum atomic E-state index is -0.204. The Kier molecular flexibility index (Phi) is 5.19. The van der Waals surface area contributed by atoms with E-state index in [0.717, 1.165) is 39.4 Å². The summed E-state index contributed by atoms with van der Waals surface area (Å²) < 4.78 is 1.57. The number of rotatable bonds is 6. The Hall–Kier alpha value is -4.66. The Bertz CT molecular complexity index is 1460. The molecule has 0 spiro atoms. The van der Waals surface area contributed by atoms with Gasteiger partial charge in [0, 0.05) is 29.5 Å². The van der Waals surface area contributed by atoms with Crippen LogP contribution in [0, 0.1) is 6.92 Å². The largest absolute Gasteiger partial charge is 0.355 e. The molecule has 2 aromatic carbocycles. The Labute approximate surface area is 189 Å². The summed E-state index contributed by atoms with van der Waals surface area (Å²) in [5.41, 5.74) is 6.43. The van der Waals surface area contributed by atoms with E-state index in [0.29, 0.717) is 11.4 Å². The molecule has 0 bridgehead atoms. The fourth-order valence-electron chi connectivity index (χ4n) is 3.63. The standard InChI is InChI=1S/C24H22N8O/c1-15-10-23(32(2)31-15)24(33)28-17-5-3-4-16(11-17)27-18-6-8-20-21(29-30-22(20)12-18)9-7-19-13-25-14-26-19/h3-14,27H,1-2H3,(H,25,26)(H,28,33)(H,29,30)/b9-7+. The Morgan fingerprint density at radius 2 is 1.91 bits per heavy atom. The molecule has 0 saturated heterocycles. The molecule has 0 radical (unpaired) electrons. The number of aromatic nitrogens is 6. The third-order valence-electron chi connectivity index (χ3n) is 5.18. The number of imidazole rings is 1. The number of nitrogens with one attached hydrogen (secondary N) is 4. The second-order valence-corrected chi connectivity index (χ2v) is 7.66. The van der Waals surface area contributed by atoms with Crippen molar-refractivity contribution in [3.05, 3.63) is 83.8 Å². The molecule has 9 nitrogen and oxygen atoms in total. The van der Waals surface area contributed by atoms with Crippen molar-refractivity contribution in [3.63, 3.8) is 0 Å². The van der Waals surface area contributed by atoms with Crippen molar-refractivity contribution in [2.45, 2.75) is 6.92 Å². The lowest BCUT2D eigenvalue weighted by molar-refractivity contribution is 0.101. The van der Waals surface area contributed by atoms with E-state index in [4.69, 9.17) is 0 Å². The molecule has 164 valence electrons. The lowest BCUT2D eigenvalue weighted by atomic mass is 10.1.